The summed E-state index contributed by atoms with van der Waals surface area (Å²) in [5.74, 6) is -0.614. The van der Waals surface area contributed by atoms with Crippen molar-refractivity contribution in [3.8, 4) is 0 Å². The van der Waals surface area contributed by atoms with Crippen molar-refractivity contribution in [2.24, 2.45) is 0 Å². The van der Waals surface area contributed by atoms with Crippen molar-refractivity contribution in [2.45, 2.75) is 17.9 Å². The average molecular weight is 304 g/mol. The van der Waals surface area contributed by atoms with Crippen LogP contribution in [0.2, 0.25) is 0 Å². The van der Waals surface area contributed by atoms with E-state index in [-0.39, 0.29) is 15.8 Å². The number of sulfonamides is 1. The third-order valence-corrected chi connectivity index (χ3v) is 6.11. The number of ether oxygens (including phenoxy) is 1. The molecule has 8 heteroatoms. The Morgan fingerprint density at radius 1 is 1.58 bits per heavy atom. The summed E-state index contributed by atoms with van der Waals surface area (Å²) < 4.78 is 31.2. The van der Waals surface area contributed by atoms with Crippen molar-refractivity contribution in [3.05, 3.63) is 16.3 Å². The van der Waals surface area contributed by atoms with Crippen LogP contribution in [0.15, 0.2) is 16.3 Å². The van der Waals surface area contributed by atoms with Gasteiger partial charge in [-0.1, -0.05) is 0 Å². The Balaban J connectivity index is 2.39. The molecule has 2 rings (SSSR count). The van der Waals surface area contributed by atoms with Crippen LogP contribution in [-0.2, 0) is 14.8 Å². The fraction of sp³-hybridized carbons (Fsp3) is 0.545. The van der Waals surface area contributed by atoms with Crippen molar-refractivity contribution in [3.63, 3.8) is 0 Å². The monoisotopic (exact) mass is 304 g/mol. The van der Waals surface area contributed by atoms with Crippen LogP contribution in [0, 0.1) is 0 Å². The molecule has 0 saturated carbocycles. The van der Waals surface area contributed by atoms with Crippen LogP contribution in [0.25, 0.3) is 0 Å². The van der Waals surface area contributed by atoms with Gasteiger partial charge in [-0.3, -0.25) is 0 Å². The molecule has 1 N–H and O–H groups in total. The minimum absolute atomic E-state index is 0.0399. The zero-order valence-electron chi connectivity index (χ0n) is 10.8. The molecule has 1 aliphatic rings. The molecule has 1 aliphatic heterocycles. The Morgan fingerprint density at radius 3 is 2.95 bits per heavy atom. The smallest absolute Gasteiger partial charge is 0.349 e. The van der Waals surface area contributed by atoms with Gasteiger partial charge in [0, 0.05) is 25.7 Å². The molecule has 1 saturated heterocycles. The minimum atomic E-state index is -3.65. The first-order chi connectivity index (χ1) is 8.98. The summed E-state index contributed by atoms with van der Waals surface area (Å²) in [5.41, 5.74) is 0. The molecule has 1 aromatic rings. The summed E-state index contributed by atoms with van der Waals surface area (Å²) in [5, 5.41) is 4.72. The number of rotatable bonds is 3. The van der Waals surface area contributed by atoms with Gasteiger partial charge in [0.25, 0.3) is 0 Å². The van der Waals surface area contributed by atoms with Crippen LogP contribution < -0.4 is 5.32 Å². The van der Waals surface area contributed by atoms with Crippen molar-refractivity contribution in [2.75, 3.05) is 26.7 Å². The van der Waals surface area contributed by atoms with Gasteiger partial charge in [0.2, 0.25) is 10.0 Å². The Bertz CT molecular complexity index is 567. The van der Waals surface area contributed by atoms with E-state index >= 15 is 0 Å². The number of hydrogen-bond acceptors (Lipinski definition) is 6. The van der Waals surface area contributed by atoms with Crippen molar-refractivity contribution in [1.29, 1.82) is 0 Å². The number of carbonyl (C=O) groups excluding carboxylic acids is 1. The molecule has 1 fully saturated rings. The lowest BCUT2D eigenvalue weighted by molar-refractivity contribution is 0.0602. The highest BCUT2D eigenvalue weighted by Crippen LogP contribution is 2.27. The number of nitrogens with one attached hydrogen (secondary N) is 1. The average Bonchev–Trinajstić information content (AvgIpc) is 2.88. The maximum atomic E-state index is 12.6. The van der Waals surface area contributed by atoms with Crippen molar-refractivity contribution in [1.82, 2.24) is 9.62 Å². The number of methoxy groups -OCH3 is 1. The number of piperazine rings is 1. The molecule has 1 atom stereocenters. The molecule has 0 amide bonds. The molecule has 0 aromatic carbocycles. The summed E-state index contributed by atoms with van der Waals surface area (Å²) in [4.78, 5) is 11.8. The largest absolute Gasteiger partial charge is 0.465 e. The topological polar surface area (TPSA) is 75.7 Å². The minimum Gasteiger partial charge on any atom is -0.465 e. The fourth-order valence-corrected chi connectivity index (χ4v) is 4.99. The highest BCUT2D eigenvalue weighted by Gasteiger charge is 2.34. The summed E-state index contributed by atoms with van der Waals surface area (Å²) in [6.45, 7) is 3.46. The Labute approximate surface area is 116 Å². The maximum absolute atomic E-state index is 12.6. The lowest BCUT2D eigenvalue weighted by Gasteiger charge is -2.32. The number of hydrogen-bond donors (Lipinski definition) is 1. The van der Waals surface area contributed by atoms with Gasteiger partial charge in [0.15, 0.2) is 0 Å². The quantitative estimate of drug-likeness (QED) is 0.824. The Hall–Kier alpha value is -0.960. The summed E-state index contributed by atoms with van der Waals surface area (Å²) >= 11 is 1.08. The number of nitrogens with zero attached hydrogens (tertiary/aromatic N) is 1. The van der Waals surface area contributed by atoms with E-state index in [1.54, 1.807) is 5.38 Å². The van der Waals surface area contributed by atoms with E-state index < -0.39 is 16.0 Å². The Kier molecular flexibility index (Phi) is 4.24. The third kappa shape index (κ3) is 2.66. The highest BCUT2D eigenvalue weighted by atomic mass is 32.2. The molecule has 1 aromatic heterocycles. The normalized spacial score (nSPS) is 21.3. The van der Waals surface area contributed by atoms with Gasteiger partial charge in [0.05, 0.1) is 7.11 Å². The second-order valence-corrected chi connectivity index (χ2v) is 7.05. The zero-order valence-corrected chi connectivity index (χ0v) is 12.4. The molecule has 0 radical (unpaired) electrons. The zero-order chi connectivity index (χ0) is 14.0. The van der Waals surface area contributed by atoms with Crippen molar-refractivity contribution >= 4 is 27.3 Å². The van der Waals surface area contributed by atoms with Crippen LogP contribution in [-0.4, -0.2) is 51.5 Å². The first kappa shape index (κ1) is 14.4. The van der Waals surface area contributed by atoms with Gasteiger partial charge < -0.3 is 10.1 Å². The Morgan fingerprint density at radius 2 is 2.32 bits per heavy atom. The molecule has 0 aliphatic carbocycles. The molecule has 0 spiro atoms. The van der Waals surface area contributed by atoms with Gasteiger partial charge in [-0.2, -0.15) is 4.31 Å². The van der Waals surface area contributed by atoms with Crippen molar-refractivity contribution < 1.29 is 17.9 Å². The van der Waals surface area contributed by atoms with Gasteiger partial charge in [-0.05, 0) is 18.4 Å². The van der Waals surface area contributed by atoms with E-state index in [0.29, 0.717) is 19.6 Å². The maximum Gasteiger partial charge on any atom is 0.349 e. The van der Waals surface area contributed by atoms with E-state index in [2.05, 4.69) is 10.1 Å². The summed E-state index contributed by atoms with van der Waals surface area (Å²) in [6.07, 6.45) is 0. The van der Waals surface area contributed by atoms with E-state index in [4.69, 9.17) is 0 Å². The summed E-state index contributed by atoms with van der Waals surface area (Å²) in [6, 6.07) is 1.32. The van der Waals surface area contributed by atoms with Gasteiger partial charge in [-0.25, -0.2) is 13.2 Å². The van der Waals surface area contributed by atoms with Crippen LogP contribution >= 0.6 is 11.3 Å². The molecular formula is C11H16N2O4S2. The van der Waals surface area contributed by atoms with E-state index in [1.807, 2.05) is 6.92 Å². The lowest BCUT2D eigenvalue weighted by atomic mass is 10.3. The predicted molar refractivity (Wildman–Crippen MR) is 71.9 cm³/mol. The number of esters is 1. The molecular weight excluding hydrogens is 288 g/mol. The number of thiophene rings is 1. The molecule has 0 bridgehead atoms. The second kappa shape index (κ2) is 5.58. The third-order valence-electron chi connectivity index (χ3n) is 3.03. The van der Waals surface area contributed by atoms with Crippen LogP contribution in [0.3, 0.4) is 0 Å². The van der Waals surface area contributed by atoms with Gasteiger partial charge in [-0.15, -0.1) is 11.3 Å². The van der Waals surface area contributed by atoms with Crippen LogP contribution in [0.4, 0.5) is 0 Å². The first-order valence-electron chi connectivity index (χ1n) is 5.87. The van der Waals surface area contributed by atoms with E-state index in [9.17, 15) is 13.2 Å². The molecule has 19 heavy (non-hydrogen) atoms. The predicted octanol–water partition coefficient (Wildman–Crippen LogP) is 0.517. The highest BCUT2D eigenvalue weighted by molar-refractivity contribution is 7.89. The number of carbonyl (C=O) groups is 1. The van der Waals surface area contributed by atoms with Gasteiger partial charge in [0.1, 0.15) is 9.77 Å². The molecule has 1 unspecified atom stereocenters. The van der Waals surface area contributed by atoms with Crippen LogP contribution in [0.1, 0.15) is 16.6 Å². The summed E-state index contributed by atoms with van der Waals surface area (Å²) in [7, 11) is -2.41. The molecule has 106 valence electrons. The fourth-order valence-electron chi connectivity index (χ4n) is 2.05. The standard InChI is InChI=1S/C11H16N2O4S2/c1-8-7-12-4-5-13(8)19(15,16)9-3-6-18-10(9)11(14)17-2/h3,6,8,12H,4-5,7H2,1-2H3. The molecule has 6 nitrogen and oxygen atoms in total. The van der Waals surface area contributed by atoms with Crippen LogP contribution in [0.5, 0.6) is 0 Å². The van der Waals surface area contributed by atoms with E-state index in [0.717, 1.165) is 11.3 Å². The SMILES string of the molecule is COC(=O)c1sccc1S(=O)(=O)N1CCNCC1C. The second-order valence-electron chi connectivity index (χ2n) is 4.27. The molecule has 2 heterocycles. The van der Waals surface area contributed by atoms with Gasteiger partial charge >= 0.3 is 5.97 Å². The lowest BCUT2D eigenvalue weighted by Crippen LogP contribution is -2.52. The first-order valence-corrected chi connectivity index (χ1v) is 8.19. The van der Waals surface area contributed by atoms with E-state index in [1.165, 1.54) is 17.5 Å².